The molecule has 0 spiro atoms. The van der Waals surface area contributed by atoms with Crippen molar-refractivity contribution in [3.8, 4) is 5.75 Å². The minimum absolute atomic E-state index is 0.209. The van der Waals surface area contributed by atoms with E-state index >= 15 is 0 Å². The van der Waals surface area contributed by atoms with Crippen molar-refractivity contribution in [1.82, 2.24) is 4.90 Å². The number of anilines is 1. The van der Waals surface area contributed by atoms with Crippen molar-refractivity contribution in [3.63, 3.8) is 0 Å². The van der Waals surface area contributed by atoms with Gasteiger partial charge in [0.2, 0.25) is 0 Å². The van der Waals surface area contributed by atoms with Crippen LogP contribution in [0.25, 0.3) is 0 Å². The molecule has 1 N–H and O–H groups in total. The molecule has 30 heavy (non-hydrogen) atoms. The summed E-state index contributed by atoms with van der Waals surface area (Å²) >= 11 is 0. The number of hydrogen-bond acceptors (Lipinski definition) is 6. The number of carbonyl (C=O) groups excluding carboxylic acids is 4. The fraction of sp³-hybridized carbons (Fsp3) is 0.273. The second-order valence-electron chi connectivity index (χ2n) is 6.72. The number of nitrogens with one attached hydrogen (secondary N) is 1. The van der Waals surface area contributed by atoms with Crippen LogP contribution in [-0.4, -0.2) is 48.9 Å². The molecule has 156 valence electrons. The van der Waals surface area contributed by atoms with Crippen LogP contribution in [0, 0.1) is 0 Å². The van der Waals surface area contributed by atoms with E-state index in [1.54, 1.807) is 24.3 Å². The average molecular weight is 410 g/mol. The topological polar surface area (TPSA) is 102 Å². The molecule has 0 unspecified atom stereocenters. The summed E-state index contributed by atoms with van der Waals surface area (Å²) in [5, 5.41) is 2.73. The Morgan fingerprint density at radius 3 is 2.37 bits per heavy atom. The van der Waals surface area contributed by atoms with Crippen LogP contribution >= 0.6 is 0 Å². The molecule has 8 nitrogen and oxygen atoms in total. The van der Waals surface area contributed by atoms with E-state index in [2.05, 4.69) is 10.1 Å². The maximum absolute atomic E-state index is 12.6. The molecular formula is C22H22N2O6. The van der Waals surface area contributed by atoms with Crippen LogP contribution in [0.5, 0.6) is 5.75 Å². The van der Waals surface area contributed by atoms with Gasteiger partial charge < -0.3 is 14.8 Å². The first kappa shape index (κ1) is 21.0. The van der Waals surface area contributed by atoms with Crippen LogP contribution < -0.4 is 10.1 Å². The standard InChI is InChI=1S/C22H22N2O6/c1-3-4-11-24-21(27)17-10-5-14(12-18(17)22(24)28)20(26)23-15-6-8-16(9-7-15)30-13-19(25)29-2/h5-10,12H,3-4,11,13H2,1-2H3,(H,23,26). The lowest BCUT2D eigenvalue weighted by molar-refractivity contribution is -0.142. The zero-order valence-electron chi connectivity index (χ0n) is 16.8. The Labute approximate surface area is 173 Å². The number of amides is 3. The van der Waals surface area contributed by atoms with Gasteiger partial charge in [-0.2, -0.15) is 0 Å². The summed E-state index contributed by atoms with van der Waals surface area (Å²) in [6.45, 7) is 2.15. The minimum atomic E-state index is -0.495. The van der Waals surface area contributed by atoms with Crippen molar-refractivity contribution in [2.75, 3.05) is 25.6 Å². The van der Waals surface area contributed by atoms with Crippen molar-refractivity contribution in [2.45, 2.75) is 19.8 Å². The summed E-state index contributed by atoms with van der Waals surface area (Å²) in [6.07, 6.45) is 1.60. The van der Waals surface area contributed by atoms with Crippen LogP contribution in [0.1, 0.15) is 50.8 Å². The summed E-state index contributed by atoms with van der Waals surface area (Å²) < 4.78 is 9.75. The lowest BCUT2D eigenvalue weighted by Gasteiger charge is -2.12. The summed E-state index contributed by atoms with van der Waals surface area (Å²) in [4.78, 5) is 49.8. The molecule has 0 fully saturated rings. The maximum atomic E-state index is 12.6. The number of unbranched alkanes of at least 4 members (excludes halogenated alkanes) is 1. The van der Waals surface area contributed by atoms with Crippen molar-refractivity contribution < 1.29 is 28.7 Å². The van der Waals surface area contributed by atoms with Crippen molar-refractivity contribution in [3.05, 3.63) is 59.2 Å². The second-order valence-corrected chi connectivity index (χ2v) is 6.72. The highest BCUT2D eigenvalue weighted by molar-refractivity contribution is 6.22. The molecule has 0 bridgehead atoms. The Kier molecular flexibility index (Phi) is 6.46. The molecule has 8 heteroatoms. The highest BCUT2D eigenvalue weighted by atomic mass is 16.6. The van der Waals surface area contributed by atoms with Gasteiger partial charge in [-0.25, -0.2) is 4.79 Å². The zero-order chi connectivity index (χ0) is 21.7. The first-order chi connectivity index (χ1) is 14.4. The first-order valence-corrected chi connectivity index (χ1v) is 9.56. The molecule has 1 aliphatic rings. The second kappa shape index (κ2) is 9.21. The highest BCUT2D eigenvalue weighted by Gasteiger charge is 2.35. The predicted molar refractivity (Wildman–Crippen MR) is 109 cm³/mol. The number of benzene rings is 2. The number of hydrogen-bond donors (Lipinski definition) is 1. The van der Waals surface area contributed by atoms with E-state index in [4.69, 9.17) is 4.74 Å². The number of ether oxygens (including phenoxy) is 2. The lowest BCUT2D eigenvalue weighted by Crippen LogP contribution is -2.30. The van der Waals surface area contributed by atoms with E-state index in [1.165, 1.54) is 30.2 Å². The molecule has 0 saturated heterocycles. The maximum Gasteiger partial charge on any atom is 0.343 e. The van der Waals surface area contributed by atoms with Crippen LogP contribution in [0.15, 0.2) is 42.5 Å². The highest BCUT2D eigenvalue weighted by Crippen LogP contribution is 2.25. The molecule has 1 heterocycles. The summed E-state index contributed by atoms with van der Waals surface area (Å²) in [6, 6.07) is 10.9. The number of esters is 1. The summed E-state index contributed by atoms with van der Waals surface area (Å²) in [5.41, 5.74) is 1.35. The van der Waals surface area contributed by atoms with Gasteiger partial charge in [0.1, 0.15) is 5.75 Å². The molecule has 3 rings (SSSR count). The van der Waals surface area contributed by atoms with E-state index < -0.39 is 11.9 Å². The Bertz CT molecular complexity index is 984. The largest absolute Gasteiger partial charge is 0.482 e. The van der Waals surface area contributed by atoms with E-state index in [0.29, 0.717) is 23.5 Å². The fourth-order valence-corrected chi connectivity index (χ4v) is 2.99. The van der Waals surface area contributed by atoms with Gasteiger partial charge in [0, 0.05) is 17.8 Å². The van der Waals surface area contributed by atoms with Crippen LogP contribution in [-0.2, 0) is 9.53 Å². The molecule has 0 aromatic heterocycles. The van der Waals surface area contributed by atoms with Gasteiger partial charge in [-0.3, -0.25) is 19.3 Å². The van der Waals surface area contributed by atoms with Crippen molar-refractivity contribution in [2.24, 2.45) is 0 Å². The molecular weight excluding hydrogens is 388 g/mol. The Morgan fingerprint density at radius 2 is 1.70 bits per heavy atom. The molecule has 0 radical (unpaired) electrons. The predicted octanol–water partition coefficient (Wildman–Crippen LogP) is 2.89. The quantitative estimate of drug-likeness (QED) is 0.530. The molecule has 0 aliphatic carbocycles. The van der Waals surface area contributed by atoms with Gasteiger partial charge in [0.25, 0.3) is 17.7 Å². The van der Waals surface area contributed by atoms with Crippen molar-refractivity contribution >= 4 is 29.4 Å². The van der Waals surface area contributed by atoms with Crippen LogP contribution in [0.2, 0.25) is 0 Å². The number of methoxy groups -OCH3 is 1. The molecule has 0 saturated carbocycles. The molecule has 2 aromatic rings. The third-order valence-corrected chi connectivity index (χ3v) is 4.66. The van der Waals surface area contributed by atoms with Gasteiger partial charge in [-0.1, -0.05) is 13.3 Å². The van der Waals surface area contributed by atoms with E-state index in [9.17, 15) is 19.2 Å². The Hall–Kier alpha value is -3.68. The Morgan fingerprint density at radius 1 is 1.00 bits per heavy atom. The van der Waals surface area contributed by atoms with Crippen LogP contribution in [0.3, 0.4) is 0 Å². The molecule has 0 atom stereocenters. The SMILES string of the molecule is CCCCN1C(=O)c2ccc(C(=O)Nc3ccc(OCC(=O)OC)cc3)cc2C1=O. The van der Waals surface area contributed by atoms with Gasteiger partial charge >= 0.3 is 5.97 Å². The number of imide groups is 1. The average Bonchev–Trinajstić information content (AvgIpc) is 3.00. The molecule has 3 amide bonds. The number of fused-ring (bicyclic) bond motifs is 1. The Balaban J connectivity index is 1.67. The number of nitrogens with zero attached hydrogens (tertiary/aromatic N) is 1. The summed E-state index contributed by atoms with van der Waals surface area (Å²) in [7, 11) is 1.27. The van der Waals surface area contributed by atoms with Gasteiger partial charge in [0.05, 0.1) is 18.2 Å². The zero-order valence-corrected chi connectivity index (χ0v) is 16.8. The van der Waals surface area contributed by atoms with E-state index in [1.807, 2.05) is 6.92 Å². The monoisotopic (exact) mass is 410 g/mol. The minimum Gasteiger partial charge on any atom is -0.482 e. The van der Waals surface area contributed by atoms with E-state index in [-0.39, 0.29) is 29.5 Å². The molecule has 1 aliphatic heterocycles. The van der Waals surface area contributed by atoms with Gasteiger partial charge in [-0.15, -0.1) is 0 Å². The number of rotatable bonds is 8. The van der Waals surface area contributed by atoms with E-state index in [0.717, 1.165) is 12.8 Å². The molecule has 2 aromatic carbocycles. The first-order valence-electron chi connectivity index (χ1n) is 9.56. The third kappa shape index (κ3) is 4.48. The van der Waals surface area contributed by atoms with Gasteiger partial charge in [0.15, 0.2) is 6.61 Å². The van der Waals surface area contributed by atoms with Crippen molar-refractivity contribution in [1.29, 1.82) is 0 Å². The lowest BCUT2D eigenvalue weighted by atomic mass is 10.1. The number of carbonyl (C=O) groups is 4. The normalized spacial score (nSPS) is 12.5. The summed E-state index contributed by atoms with van der Waals surface area (Å²) in [5.74, 6) is -1.14. The fourth-order valence-electron chi connectivity index (χ4n) is 2.99. The van der Waals surface area contributed by atoms with Crippen LogP contribution in [0.4, 0.5) is 5.69 Å². The third-order valence-electron chi connectivity index (χ3n) is 4.66. The smallest absolute Gasteiger partial charge is 0.343 e. The van der Waals surface area contributed by atoms with Gasteiger partial charge in [-0.05, 0) is 48.9 Å².